The lowest BCUT2D eigenvalue weighted by molar-refractivity contribution is -0.119. The van der Waals surface area contributed by atoms with E-state index in [2.05, 4.69) is 26.5 Å². The van der Waals surface area contributed by atoms with Crippen LogP contribution in [-0.2, 0) is 27.7 Å². The molecule has 0 saturated carbocycles. The van der Waals surface area contributed by atoms with Crippen LogP contribution in [0.15, 0.2) is 59.5 Å². The first-order valence-electron chi connectivity index (χ1n) is 12.0. The number of carbonyl (C=O) groups is 2. The van der Waals surface area contributed by atoms with Crippen LogP contribution in [0.2, 0.25) is 0 Å². The lowest BCUT2D eigenvalue weighted by Gasteiger charge is -2.11. The summed E-state index contributed by atoms with van der Waals surface area (Å²) < 4.78 is 29.1. The highest BCUT2D eigenvalue weighted by Crippen LogP contribution is 2.24. The molecule has 2 aromatic heterocycles. The van der Waals surface area contributed by atoms with Gasteiger partial charge in [-0.15, -0.1) is 0 Å². The van der Waals surface area contributed by atoms with E-state index in [0.717, 1.165) is 45.9 Å². The minimum atomic E-state index is -3.85. The molecule has 0 atom stereocenters. The molecular formula is C27H29N5O4S. The number of benzene rings is 2. The number of hydrogen-bond donors (Lipinski definition) is 2. The molecule has 10 heteroatoms. The average Bonchev–Trinajstić information content (AvgIpc) is 3.27. The van der Waals surface area contributed by atoms with Gasteiger partial charge in [0.05, 0.1) is 22.7 Å². The van der Waals surface area contributed by atoms with Crippen LogP contribution in [0.1, 0.15) is 40.1 Å². The molecule has 1 amide bonds. The number of aldehydes is 1. The number of carbonyl (C=O) groups excluding carboxylic acids is 2. The van der Waals surface area contributed by atoms with Gasteiger partial charge in [0.1, 0.15) is 17.6 Å². The number of fused-ring (bicyclic) bond motifs is 1. The van der Waals surface area contributed by atoms with Crippen LogP contribution >= 0.6 is 0 Å². The van der Waals surface area contributed by atoms with Crippen LogP contribution in [0.5, 0.6) is 0 Å². The van der Waals surface area contributed by atoms with Crippen molar-refractivity contribution in [3.63, 3.8) is 0 Å². The zero-order chi connectivity index (χ0) is 26.6. The molecule has 0 fully saturated rings. The Hall–Kier alpha value is -3.89. The zero-order valence-electron chi connectivity index (χ0n) is 21.0. The maximum absolute atomic E-state index is 12.3. The molecule has 0 unspecified atom stereocenters. The predicted octanol–water partition coefficient (Wildman–Crippen LogP) is 3.05. The molecule has 2 aromatic carbocycles. The Morgan fingerprint density at radius 2 is 1.73 bits per heavy atom. The number of amides is 1. The van der Waals surface area contributed by atoms with Crippen molar-refractivity contribution in [3.8, 4) is 5.69 Å². The standard InChI is InChI=1S/C27H29N5O4S/c1-4-25-31-27-19(3)30-18(2)15-24(27)32(25)22-9-5-20(6-10-22)13-14-28-26(34)16-29-37(35,36)23-11-7-21(17-33)8-12-23/h5-12,15,17,29H,4,13-14,16H2,1-3H3,(H,28,34). The first-order chi connectivity index (χ1) is 17.7. The summed E-state index contributed by atoms with van der Waals surface area (Å²) in [5.74, 6) is 0.536. The van der Waals surface area contributed by atoms with E-state index in [-0.39, 0.29) is 11.4 Å². The third-order valence-corrected chi connectivity index (χ3v) is 7.43. The van der Waals surface area contributed by atoms with Gasteiger partial charge in [-0.25, -0.2) is 18.1 Å². The average molecular weight is 520 g/mol. The molecule has 37 heavy (non-hydrogen) atoms. The fourth-order valence-corrected chi connectivity index (χ4v) is 5.13. The van der Waals surface area contributed by atoms with E-state index in [1.807, 2.05) is 44.2 Å². The Kier molecular flexibility index (Phi) is 7.80. The van der Waals surface area contributed by atoms with E-state index in [0.29, 0.717) is 24.8 Å². The molecule has 0 bridgehead atoms. The summed E-state index contributed by atoms with van der Waals surface area (Å²) in [5, 5.41) is 2.74. The van der Waals surface area contributed by atoms with E-state index in [4.69, 9.17) is 4.98 Å². The minimum Gasteiger partial charge on any atom is -0.355 e. The van der Waals surface area contributed by atoms with Gasteiger partial charge >= 0.3 is 0 Å². The van der Waals surface area contributed by atoms with Crippen LogP contribution in [0.4, 0.5) is 0 Å². The number of pyridine rings is 1. The number of sulfonamides is 1. The van der Waals surface area contributed by atoms with Crippen LogP contribution < -0.4 is 10.0 Å². The van der Waals surface area contributed by atoms with Gasteiger partial charge in [-0.05, 0) is 56.2 Å². The van der Waals surface area contributed by atoms with E-state index in [1.165, 1.54) is 24.3 Å². The van der Waals surface area contributed by atoms with Crippen molar-refractivity contribution in [1.82, 2.24) is 24.6 Å². The molecule has 0 spiro atoms. The molecule has 4 rings (SSSR count). The third kappa shape index (κ3) is 5.92. The maximum atomic E-state index is 12.3. The Morgan fingerprint density at radius 1 is 1.03 bits per heavy atom. The van der Waals surface area contributed by atoms with Crippen molar-refractivity contribution < 1.29 is 18.0 Å². The minimum absolute atomic E-state index is 0.00975. The second kappa shape index (κ2) is 11.0. The topological polar surface area (TPSA) is 123 Å². The molecule has 2 N–H and O–H groups in total. The first kappa shape index (κ1) is 26.2. The van der Waals surface area contributed by atoms with Gasteiger partial charge in [-0.1, -0.05) is 31.2 Å². The normalized spacial score (nSPS) is 11.5. The highest BCUT2D eigenvalue weighted by Gasteiger charge is 2.16. The summed E-state index contributed by atoms with van der Waals surface area (Å²) in [5.41, 5.74) is 6.21. The van der Waals surface area contributed by atoms with Gasteiger partial charge in [-0.3, -0.25) is 19.1 Å². The highest BCUT2D eigenvalue weighted by atomic mass is 32.2. The summed E-state index contributed by atoms with van der Waals surface area (Å²) in [6.45, 7) is 6.02. The second-order valence-electron chi connectivity index (χ2n) is 8.71. The van der Waals surface area contributed by atoms with E-state index in [1.54, 1.807) is 0 Å². The van der Waals surface area contributed by atoms with Crippen molar-refractivity contribution in [2.24, 2.45) is 0 Å². The molecule has 192 valence electrons. The van der Waals surface area contributed by atoms with Gasteiger partial charge in [-0.2, -0.15) is 0 Å². The molecule has 9 nitrogen and oxygen atoms in total. The summed E-state index contributed by atoms with van der Waals surface area (Å²) in [7, 11) is -3.85. The van der Waals surface area contributed by atoms with Gasteiger partial charge in [0, 0.05) is 29.9 Å². The van der Waals surface area contributed by atoms with E-state index in [9.17, 15) is 18.0 Å². The predicted molar refractivity (Wildman–Crippen MR) is 141 cm³/mol. The number of aryl methyl sites for hydroxylation is 3. The molecule has 0 aliphatic carbocycles. The van der Waals surface area contributed by atoms with Crippen molar-refractivity contribution in [2.75, 3.05) is 13.1 Å². The van der Waals surface area contributed by atoms with Gasteiger partial charge in [0.15, 0.2) is 0 Å². The van der Waals surface area contributed by atoms with Crippen molar-refractivity contribution >= 4 is 33.3 Å². The van der Waals surface area contributed by atoms with Crippen LogP contribution in [0.25, 0.3) is 16.7 Å². The Morgan fingerprint density at radius 3 is 2.38 bits per heavy atom. The van der Waals surface area contributed by atoms with Crippen molar-refractivity contribution in [2.45, 2.75) is 38.5 Å². The zero-order valence-corrected chi connectivity index (χ0v) is 21.8. The van der Waals surface area contributed by atoms with Gasteiger partial charge in [0.25, 0.3) is 0 Å². The fraction of sp³-hybridized carbons (Fsp3) is 0.259. The second-order valence-corrected chi connectivity index (χ2v) is 10.5. The van der Waals surface area contributed by atoms with Crippen LogP contribution in [0, 0.1) is 13.8 Å². The lowest BCUT2D eigenvalue weighted by atomic mass is 10.1. The molecule has 2 heterocycles. The fourth-order valence-electron chi connectivity index (χ4n) is 4.14. The summed E-state index contributed by atoms with van der Waals surface area (Å²) in [4.78, 5) is 32.2. The van der Waals surface area contributed by atoms with Crippen molar-refractivity contribution in [3.05, 3.63) is 82.9 Å². The van der Waals surface area contributed by atoms with E-state index >= 15 is 0 Å². The Bertz CT molecular complexity index is 1540. The molecular weight excluding hydrogens is 490 g/mol. The molecule has 0 aliphatic heterocycles. The highest BCUT2D eigenvalue weighted by molar-refractivity contribution is 7.89. The largest absolute Gasteiger partial charge is 0.355 e. The number of hydrogen-bond acceptors (Lipinski definition) is 6. The first-order valence-corrected chi connectivity index (χ1v) is 13.5. The lowest BCUT2D eigenvalue weighted by Crippen LogP contribution is -2.37. The Labute approximate surface area is 216 Å². The van der Waals surface area contributed by atoms with Crippen molar-refractivity contribution in [1.29, 1.82) is 0 Å². The number of rotatable bonds is 10. The molecule has 4 aromatic rings. The van der Waals surface area contributed by atoms with Gasteiger partial charge in [0.2, 0.25) is 15.9 Å². The quantitative estimate of drug-likeness (QED) is 0.311. The SMILES string of the molecule is CCc1nc2c(C)nc(C)cc2n1-c1ccc(CCNC(=O)CNS(=O)(=O)c2ccc(C=O)cc2)cc1. The van der Waals surface area contributed by atoms with Gasteiger partial charge < -0.3 is 5.32 Å². The molecule has 0 aliphatic rings. The monoisotopic (exact) mass is 519 g/mol. The Balaban J connectivity index is 1.34. The van der Waals surface area contributed by atoms with Crippen LogP contribution in [0.3, 0.4) is 0 Å². The molecule has 0 radical (unpaired) electrons. The van der Waals surface area contributed by atoms with Crippen LogP contribution in [-0.4, -0.2) is 48.2 Å². The summed E-state index contributed by atoms with van der Waals surface area (Å²) >= 11 is 0. The summed E-state index contributed by atoms with van der Waals surface area (Å²) in [6, 6.07) is 15.6. The summed E-state index contributed by atoms with van der Waals surface area (Å²) in [6.07, 6.45) is 2.01. The third-order valence-electron chi connectivity index (χ3n) is 6.01. The smallest absolute Gasteiger partial charge is 0.241 e. The number of nitrogens with one attached hydrogen (secondary N) is 2. The van der Waals surface area contributed by atoms with E-state index < -0.39 is 15.9 Å². The number of aromatic nitrogens is 3. The maximum Gasteiger partial charge on any atom is 0.241 e. The number of nitrogens with zero attached hydrogens (tertiary/aromatic N) is 3. The number of imidazole rings is 1. The molecule has 0 saturated heterocycles.